The minimum absolute atomic E-state index is 0.522. The van der Waals surface area contributed by atoms with E-state index < -0.39 is 0 Å². The smallest absolute Gasteiger partial charge is 0.0542 e. The third-order valence-corrected chi connectivity index (χ3v) is 3.71. The quantitative estimate of drug-likeness (QED) is 0.865. The molecule has 1 unspecified atom stereocenters. The fourth-order valence-electron chi connectivity index (χ4n) is 2.59. The Hall–Kier alpha value is -0.970. The van der Waals surface area contributed by atoms with E-state index in [1.54, 1.807) is 0 Å². The molecule has 1 aliphatic heterocycles. The van der Waals surface area contributed by atoms with Crippen molar-refractivity contribution < 1.29 is 0 Å². The standard InChI is InChI=1S/C14H24N4/c1-17(2)14-4-3-7-18(11-14)10-12-5-6-16-13(8-12)9-15/h5-6,8,14H,3-4,7,9-11,15H2,1-2H3. The van der Waals surface area contributed by atoms with Crippen molar-refractivity contribution in [1.82, 2.24) is 14.8 Å². The van der Waals surface area contributed by atoms with E-state index >= 15 is 0 Å². The van der Waals surface area contributed by atoms with Gasteiger partial charge in [-0.3, -0.25) is 9.88 Å². The van der Waals surface area contributed by atoms with Crippen molar-refractivity contribution in [3.63, 3.8) is 0 Å². The maximum absolute atomic E-state index is 5.63. The van der Waals surface area contributed by atoms with Crippen LogP contribution in [0.4, 0.5) is 0 Å². The van der Waals surface area contributed by atoms with Crippen LogP contribution in [0.5, 0.6) is 0 Å². The highest BCUT2D eigenvalue weighted by Gasteiger charge is 2.21. The SMILES string of the molecule is CN(C)C1CCCN(Cc2ccnc(CN)c2)C1. The molecule has 0 aromatic carbocycles. The third kappa shape index (κ3) is 3.51. The summed E-state index contributed by atoms with van der Waals surface area (Å²) in [5, 5.41) is 0. The highest BCUT2D eigenvalue weighted by Crippen LogP contribution is 2.16. The first-order chi connectivity index (χ1) is 8.69. The summed E-state index contributed by atoms with van der Waals surface area (Å²) in [4.78, 5) is 9.11. The van der Waals surface area contributed by atoms with Gasteiger partial charge in [0.15, 0.2) is 0 Å². The van der Waals surface area contributed by atoms with E-state index in [9.17, 15) is 0 Å². The Morgan fingerprint density at radius 2 is 2.33 bits per heavy atom. The fraction of sp³-hybridized carbons (Fsp3) is 0.643. The number of rotatable bonds is 4. The van der Waals surface area contributed by atoms with Gasteiger partial charge in [-0.1, -0.05) is 0 Å². The van der Waals surface area contributed by atoms with E-state index in [2.05, 4.69) is 41.0 Å². The average molecular weight is 248 g/mol. The summed E-state index contributed by atoms with van der Waals surface area (Å²) in [6, 6.07) is 4.91. The van der Waals surface area contributed by atoms with Gasteiger partial charge in [0.2, 0.25) is 0 Å². The number of nitrogens with zero attached hydrogens (tertiary/aromatic N) is 3. The third-order valence-electron chi connectivity index (χ3n) is 3.71. The van der Waals surface area contributed by atoms with Crippen LogP contribution in [-0.2, 0) is 13.1 Å². The van der Waals surface area contributed by atoms with Gasteiger partial charge in [0.25, 0.3) is 0 Å². The summed E-state index contributed by atoms with van der Waals surface area (Å²) in [6.07, 6.45) is 4.47. The molecule has 0 amide bonds. The van der Waals surface area contributed by atoms with Crippen molar-refractivity contribution in [2.45, 2.75) is 32.0 Å². The van der Waals surface area contributed by atoms with Crippen molar-refractivity contribution in [3.05, 3.63) is 29.6 Å². The van der Waals surface area contributed by atoms with Crippen LogP contribution in [-0.4, -0.2) is 48.0 Å². The predicted octanol–water partition coefficient (Wildman–Crippen LogP) is 1.07. The highest BCUT2D eigenvalue weighted by atomic mass is 15.2. The van der Waals surface area contributed by atoms with Crippen LogP contribution in [0.3, 0.4) is 0 Å². The summed E-state index contributed by atoms with van der Waals surface area (Å²) in [7, 11) is 4.35. The number of piperidine rings is 1. The highest BCUT2D eigenvalue weighted by molar-refractivity contribution is 5.16. The lowest BCUT2D eigenvalue weighted by molar-refractivity contribution is 0.128. The van der Waals surface area contributed by atoms with Crippen LogP contribution in [0.1, 0.15) is 24.1 Å². The second kappa shape index (κ2) is 6.27. The van der Waals surface area contributed by atoms with Crippen molar-refractivity contribution >= 4 is 0 Å². The van der Waals surface area contributed by atoms with Gasteiger partial charge in [-0.2, -0.15) is 0 Å². The molecule has 0 bridgehead atoms. The lowest BCUT2D eigenvalue weighted by atomic mass is 10.0. The lowest BCUT2D eigenvalue weighted by Crippen LogP contribution is -2.44. The summed E-state index contributed by atoms with van der Waals surface area (Å²) < 4.78 is 0. The van der Waals surface area contributed by atoms with Gasteiger partial charge in [0, 0.05) is 31.9 Å². The Kier molecular flexibility index (Phi) is 4.69. The molecule has 4 heteroatoms. The van der Waals surface area contributed by atoms with Crippen molar-refractivity contribution in [2.75, 3.05) is 27.2 Å². The molecule has 1 aromatic rings. The van der Waals surface area contributed by atoms with E-state index in [1.807, 2.05) is 6.20 Å². The average Bonchev–Trinajstić information content (AvgIpc) is 2.39. The monoisotopic (exact) mass is 248 g/mol. The summed E-state index contributed by atoms with van der Waals surface area (Å²) >= 11 is 0. The molecular weight excluding hydrogens is 224 g/mol. The number of aromatic nitrogens is 1. The first kappa shape index (κ1) is 13.5. The molecule has 2 rings (SSSR count). The fourth-order valence-corrected chi connectivity index (χ4v) is 2.59. The Labute approximate surface area is 110 Å². The molecule has 0 saturated carbocycles. The van der Waals surface area contributed by atoms with Crippen LogP contribution in [0.15, 0.2) is 18.3 Å². The first-order valence-electron chi connectivity index (χ1n) is 6.71. The molecule has 0 radical (unpaired) electrons. The largest absolute Gasteiger partial charge is 0.325 e. The van der Waals surface area contributed by atoms with Crippen molar-refractivity contribution in [2.24, 2.45) is 5.73 Å². The molecule has 1 atom stereocenters. The Morgan fingerprint density at radius 3 is 3.06 bits per heavy atom. The number of hydrogen-bond donors (Lipinski definition) is 1. The van der Waals surface area contributed by atoms with Gasteiger partial charge >= 0.3 is 0 Å². The zero-order chi connectivity index (χ0) is 13.0. The number of likely N-dealkylation sites (N-methyl/N-ethyl adjacent to an activating group) is 1. The second-order valence-electron chi connectivity index (χ2n) is 5.35. The van der Waals surface area contributed by atoms with Gasteiger partial charge in [0.1, 0.15) is 0 Å². The molecule has 2 heterocycles. The lowest BCUT2D eigenvalue weighted by Gasteiger charge is -2.36. The molecule has 1 aliphatic rings. The molecule has 1 aromatic heterocycles. The zero-order valence-corrected chi connectivity index (χ0v) is 11.5. The maximum Gasteiger partial charge on any atom is 0.0542 e. The topological polar surface area (TPSA) is 45.4 Å². The molecular formula is C14H24N4. The molecule has 4 nitrogen and oxygen atoms in total. The summed E-state index contributed by atoms with van der Waals surface area (Å²) in [5.41, 5.74) is 7.94. The maximum atomic E-state index is 5.63. The van der Waals surface area contributed by atoms with E-state index in [-0.39, 0.29) is 0 Å². The van der Waals surface area contributed by atoms with Crippen LogP contribution in [0.25, 0.3) is 0 Å². The van der Waals surface area contributed by atoms with Gasteiger partial charge in [-0.25, -0.2) is 0 Å². The minimum Gasteiger partial charge on any atom is -0.325 e. The zero-order valence-electron chi connectivity index (χ0n) is 11.5. The molecule has 0 aliphatic carbocycles. The Bertz CT molecular complexity index is 378. The summed E-state index contributed by atoms with van der Waals surface area (Å²) in [6.45, 7) is 3.89. The van der Waals surface area contributed by atoms with E-state index in [0.29, 0.717) is 12.6 Å². The van der Waals surface area contributed by atoms with E-state index in [4.69, 9.17) is 5.73 Å². The van der Waals surface area contributed by atoms with Gasteiger partial charge in [-0.15, -0.1) is 0 Å². The van der Waals surface area contributed by atoms with Crippen LogP contribution < -0.4 is 5.73 Å². The molecule has 18 heavy (non-hydrogen) atoms. The van der Waals surface area contributed by atoms with Crippen molar-refractivity contribution in [1.29, 1.82) is 0 Å². The predicted molar refractivity (Wildman–Crippen MR) is 74.1 cm³/mol. The van der Waals surface area contributed by atoms with Gasteiger partial charge < -0.3 is 10.6 Å². The van der Waals surface area contributed by atoms with Crippen LogP contribution in [0.2, 0.25) is 0 Å². The number of pyridine rings is 1. The molecule has 0 spiro atoms. The first-order valence-corrected chi connectivity index (χ1v) is 6.71. The van der Waals surface area contributed by atoms with Crippen molar-refractivity contribution in [3.8, 4) is 0 Å². The number of hydrogen-bond acceptors (Lipinski definition) is 4. The Morgan fingerprint density at radius 1 is 1.50 bits per heavy atom. The van der Waals surface area contributed by atoms with Gasteiger partial charge in [0.05, 0.1) is 5.69 Å². The van der Waals surface area contributed by atoms with E-state index in [0.717, 1.165) is 18.8 Å². The Balaban J connectivity index is 1.95. The normalized spacial score (nSPS) is 21.4. The van der Waals surface area contributed by atoms with E-state index in [1.165, 1.54) is 24.9 Å². The van der Waals surface area contributed by atoms with Crippen LogP contribution in [0, 0.1) is 0 Å². The van der Waals surface area contributed by atoms with Gasteiger partial charge in [-0.05, 0) is 51.2 Å². The molecule has 1 fully saturated rings. The molecule has 2 N–H and O–H groups in total. The minimum atomic E-state index is 0.522. The summed E-state index contributed by atoms with van der Waals surface area (Å²) in [5.74, 6) is 0. The van der Waals surface area contributed by atoms with Crippen LogP contribution >= 0.6 is 0 Å². The number of likely N-dealkylation sites (tertiary alicyclic amines) is 1. The molecule has 1 saturated heterocycles. The number of nitrogens with two attached hydrogens (primary N) is 1. The second-order valence-corrected chi connectivity index (χ2v) is 5.35. The molecule has 100 valence electrons.